The number of nitrogens with one attached hydrogen (secondary N) is 1. The van der Waals surface area contributed by atoms with E-state index < -0.39 is 0 Å². The lowest BCUT2D eigenvalue weighted by Crippen LogP contribution is -2.17. The van der Waals surface area contributed by atoms with Gasteiger partial charge in [0.15, 0.2) is 0 Å². The van der Waals surface area contributed by atoms with Gasteiger partial charge >= 0.3 is 0 Å². The predicted molar refractivity (Wildman–Crippen MR) is 68.5 cm³/mol. The summed E-state index contributed by atoms with van der Waals surface area (Å²) < 4.78 is 0. The van der Waals surface area contributed by atoms with Gasteiger partial charge in [-0.15, -0.1) is 13.2 Å². The molecule has 0 aliphatic carbocycles. The Bertz CT molecular complexity index is 306. The van der Waals surface area contributed by atoms with Gasteiger partial charge in [-0.1, -0.05) is 23.8 Å². The Morgan fingerprint density at radius 1 is 1.13 bits per heavy atom. The first-order valence-electron chi connectivity index (χ1n) is 5.00. The van der Waals surface area contributed by atoms with Crippen LogP contribution >= 0.6 is 11.6 Å². The molecule has 0 amide bonds. The highest BCUT2D eigenvalue weighted by Crippen LogP contribution is 2.16. The minimum absolute atomic E-state index is 0.362. The number of benzene rings is 1. The van der Waals surface area contributed by atoms with Gasteiger partial charge < -0.3 is 5.32 Å². The average molecular weight is 222 g/mol. The molecule has 0 saturated carbocycles. The summed E-state index contributed by atoms with van der Waals surface area (Å²) in [4.78, 5) is 0. The van der Waals surface area contributed by atoms with Gasteiger partial charge in [0.2, 0.25) is 0 Å². The van der Waals surface area contributed by atoms with Gasteiger partial charge in [-0.3, -0.25) is 0 Å². The lowest BCUT2D eigenvalue weighted by atomic mass is 10.1. The molecule has 1 rings (SSSR count). The molecule has 0 aromatic heterocycles. The SMILES string of the molecule is C=CCC(CC=C)Nc1ccc(Cl)cc1. The second-order valence-corrected chi connectivity index (χ2v) is 3.83. The van der Waals surface area contributed by atoms with Crippen LogP contribution in [0.25, 0.3) is 0 Å². The highest BCUT2D eigenvalue weighted by Gasteiger charge is 2.03. The second kappa shape index (κ2) is 6.31. The zero-order valence-corrected chi connectivity index (χ0v) is 9.50. The van der Waals surface area contributed by atoms with Gasteiger partial charge in [0.25, 0.3) is 0 Å². The number of anilines is 1. The van der Waals surface area contributed by atoms with E-state index in [2.05, 4.69) is 18.5 Å². The van der Waals surface area contributed by atoms with Crippen LogP contribution in [-0.2, 0) is 0 Å². The standard InChI is InChI=1S/C13H16ClN/c1-3-5-12(6-4-2)15-13-9-7-11(14)8-10-13/h3-4,7-10,12,15H,1-2,5-6H2. The van der Waals surface area contributed by atoms with Crippen molar-refractivity contribution in [1.29, 1.82) is 0 Å². The minimum atomic E-state index is 0.362. The molecule has 80 valence electrons. The molecule has 1 nitrogen and oxygen atoms in total. The van der Waals surface area contributed by atoms with Crippen LogP contribution in [0, 0.1) is 0 Å². The van der Waals surface area contributed by atoms with Crippen molar-refractivity contribution in [2.24, 2.45) is 0 Å². The monoisotopic (exact) mass is 221 g/mol. The fourth-order valence-corrected chi connectivity index (χ4v) is 1.52. The van der Waals surface area contributed by atoms with Crippen molar-refractivity contribution < 1.29 is 0 Å². The van der Waals surface area contributed by atoms with E-state index in [-0.39, 0.29) is 0 Å². The Balaban J connectivity index is 2.60. The van der Waals surface area contributed by atoms with E-state index in [4.69, 9.17) is 11.6 Å². The van der Waals surface area contributed by atoms with Crippen molar-refractivity contribution in [1.82, 2.24) is 0 Å². The number of hydrogen-bond acceptors (Lipinski definition) is 1. The van der Waals surface area contributed by atoms with Crippen molar-refractivity contribution in [3.63, 3.8) is 0 Å². The molecule has 15 heavy (non-hydrogen) atoms. The van der Waals surface area contributed by atoms with E-state index in [1.54, 1.807) is 0 Å². The first-order valence-corrected chi connectivity index (χ1v) is 5.38. The van der Waals surface area contributed by atoms with E-state index in [0.29, 0.717) is 6.04 Å². The van der Waals surface area contributed by atoms with Crippen molar-refractivity contribution in [2.45, 2.75) is 18.9 Å². The number of hydrogen-bond donors (Lipinski definition) is 1. The molecular weight excluding hydrogens is 206 g/mol. The Morgan fingerprint density at radius 2 is 1.67 bits per heavy atom. The third kappa shape index (κ3) is 4.22. The Kier molecular flexibility index (Phi) is 4.99. The third-order valence-corrected chi connectivity index (χ3v) is 2.37. The summed E-state index contributed by atoms with van der Waals surface area (Å²) in [6.45, 7) is 7.49. The summed E-state index contributed by atoms with van der Waals surface area (Å²) in [6.07, 6.45) is 5.68. The quantitative estimate of drug-likeness (QED) is 0.708. The molecule has 0 aliphatic rings. The first kappa shape index (κ1) is 11.9. The lowest BCUT2D eigenvalue weighted by molar-refractivity contribution is 0.746. The average Bonchev–Trinajstić information content (AvgIpc) is 2.22. The molecule has 0 spiro atoms. The normalized spacial score (nSPS) is 10.0. The summed E-state index contributed by atoms with van der Waals surface area (Å²) >= 11 is 5.81. The van der Waals surface area contributed by atoms with E-state index >= 15 is 0 Å². The van der Waals surface area contributed by atoms with Crippen molar-refractivity contribution in [3.05, 3.63) is 54.6 Å². The summed E-state index contributed by atoms with van der Waals surface area (Å²) in [5.41, 5.74) is 1.08. The molecular formula is C13H16ClN. The highest BCUT2D eigenvalue weighted by atomic mass is 35.5. The maximum atomic E-state index is 5.81. The van der Waals surface area contributed by atoms with Crippen LogP contribution in [0.5, 0.6) is 0 Å². The molecule has 0 saturated heterocycles. The molecule has 0 bridgehead atoms. The minimum Gasteiger partial charge on any atom is -0.382 e. The molecule has 0 unspecified atom stereocenters. The molecule has 0 aliphatic heterocycles. The van der Waals surface area contributed by atoms with Gasteiger partial charge in [-0.25, -0.2) is 0 Å². The Morgan fingerprint density at radius 3 is 2.13 bits per heavy atom. The van der Waals surface area contributed by atoms with Crippen molar-refractivity contribution >= 4 is 17.3 Å². The van der Waals surface area contributed by atoms with Gasteiger partial charge in [0, 0.05) is 16.8 Å². The van der Waals surface area contributed by atoms with Crippen LogP contribution in [0.1, 0.15) is 12.8 Å². The van der Waals surface area contributed by atoms with E-state index in [0.717, 1.165) is 23.6 Å². The molecule has 0 fully saturated rings. The fraction of sp³-hybridized carbons (Fsp3) is 0.231. The van der Waals surface area contributed by atoms with E-state index in [1.165, 1.54) is 0 Å². The molecule has 0 heterocycles. The zero-order chi connectivity index (χ0) is 11.1. The van der Waals surface area contributed by atoms with E-state index in [9.17, 15) is 0 Å². The molecule has 0 atom stereocenters. The van der Waals surface area contributed by atoms with Crippen LogP contribution in [0.3, 0.4) is 0 Å². The summed E-state index contributed by atoms with van der Waals surface area (Å²) in [5.74, 6) is 0. The largest absolute Gasteiger partial charge is 0.382 e. The maximum absolute atomic E-state index is 5.81. The first-order chi connectivity index (χ1) is 7.26. The molecule has 1 aromatic rings. The number of halogens is 1. The van der Waals surface area contributed by atoms with Gasteiger partial charge in [0.05, 0.1) is 0 Å². The molecule has 1 N–H and O–H groups in total. The topological polar surface area (TPSA) is 12.0 Å². The fourth-order valence-electron chi connectivity index (χ4n) is 1.40. The van der Waals surface area contributed by atoms with E-state index in [1.807, 2.05) is 36.4 Å². The molecule has 0 radical (unpaired) electrons. The number of rotatable bonds is 6. The lowest BCUT2D eigenvalue weighted by Gasteiger charge is -2.16. The molecule has 2 heteroatoms. The third-order valence-electron chi connectivity index (χ3n) is 2.12. The van der Waals surface area contributed by atoms with Gasteiger partial charge in [-0.2, -0.15) is 0 Å². The van der Waals surface area contributed by atoms with Gasteiger partial charge in [-0.05, 0) is 37.1 Å². The van der Waals surface area contributed by atoms with Crippen LogP contribution in [-0.4, -0.2) is 6.04 Å². The van der Waals surface area contributed by atoms with Crippen molar-refractivity contribution in [2.75, 3.05) is 5.32 Å². The predicted octanol–water partition coefficient (Wildman–Crippen LogP) is 4.27. The molecule has 1 aromatic carbocycles. The van der Waals surface area contributed by atoms with Crippen LogP contribution in [0.4, 0.5) is 5.69 Å². The Labute approximate surface area is 96.5 Å². The zero-order valence-electron chi connectivity index (χ0n) is 8.75. The smallest absolute Gasteiger partial charge is 0.0407 e. The summed E-state index contributed by atoms with van der Waals surface area (Å²) in [5, 5.41) is 4.16. The second-order valence-electron chi connectivity index (χ2n) is 3.40. The maximum Gasteiger partial charge on any atom is 0.0407 e. The van der Waals surface area contributed by atoms with Crippen LogP contribution in [0.15, 0.2) is 49.6 Å². The van der Waals surface area contributed by atoms with Gasteiger partial charge in [0.1, 0.15) is 0 Å². The van der Waals surface area contributed by atoms with Crippen LogP contribution < -0.4 is 5.32 Å². The van der Waals surface area contributed by atoms with Crippen molar-refractivity contribution in [3.8, 4) is 0 Å². The highest BCUT2D eigenvalue weighted by molar-refractivity contribution is 6.30. The Hall–Kier alpha value is -1.21. The summed E-state index contributed by atoms with van der Waals surface area (Å²) in [7, 11) is 0. The van der Waals surface area contributed by atoms with Crippen LogP contribution in [0.2, 0.25) is 5.02 Å². The summed E-state index contributed by atoms with van der Waals surface area (Å²) in [6, 6.07) is 8.07.